The lowest BCUT2D eigenvalue weighted by atomic mass is 10.0. The number of aryl methyl sites for hydroxylation is 2. The SMILES string of the molecule is Cc1ccc(-c2nnc(CCC(=O)NC(c3ccccc3)c3ccccn3)o2)cc1. The minimum Gasteiger partial charge on any atom is -0.421 e. The molecule has 30 heavy (non-hydrogen) atoms. The van der Waals surface area contributed by atoms with Crippen LogP contribution in [-0.2, 0) is 11.2 Å². The predicted molar refractivity (Wildman–Crippen MR) is 113 cm³/mol. The summed E-state index contributed by atoms with van der Waals surface area (Å²) < 4.78 is 5.72. The molecule has 4 aromatic rings. The van der Waals surface area contributed by atoms with Crippen LogP contribution >= 0.6 is 0 Å². The van der Waals surface area contributed by atoms with Gasteiger partial charge in [-0.2, -0.15) is 0 Å². The maximum atomic E-state index is 12.7. The molecule has 2 heterocycles. The Kier molecular flexibility index (Phi) is 5.94. The van der Waals surface area contributed by atoms with Gasteiger partial charge in [0.1, 0.15) is 0 Å². The minimum absolute atomic E-state index is 0.107. The van der Waals surface area contributed by atoms with Crippen molar-refractivity contribution in [1.29, 1.82) is 0 Å². The normalized spacial score (nSPS) is 11.8. The second-order valence-electron chi connectivity index (χ2n) is 7.03. The van der Waals surface area contributed by atoms with Gasteiger partial charge in [0, 0.05) is 24.6 Å². The van der Waals surface area contributed by atoms with E-state index in [0.717, 1.165) is 22.4 Å². The molecular weight excluding hydrogens is 376 g/mol. The Bertz CT molecular complexity index is 1050. The molecule has 0 saturated carbocycles. The number of benzene rings is 2. The molecule has 6 heteroatoms. The number of carbonyl (C=O) groups is 1. The molecule has 1 amide bonds. The first-order chi connectivity index (χ1) is 14.7. The van der Waals surface area contributed by atoms with Crippen molar-refractivity contribution in [2.45, 2.75) is 25.8 Å². The number of carbonyl (C=O) groups excluding carboxylic acids is 1. The number of aromatic nitrogens is 3. The van der Waals surface area contributed by atoms with E-state index in [-0.39, 0.29) is 18.4 Å². The topological polar surface area (TPSA) is 80.9 Å². The Morgan fingerprint density at radius 3 is 2.47 bits per heavy atom. The average Bonchev–Trinajstić information content (AvgIpc) is 3.27. The molecule has 0 aliphatic rings. The van der Waals surface area contributed by atoms with Crippen LogP contribution in [0.2, 0.25) is 0 Å². The lowest BCUT2D eigenvalue weighted by molar-refractivity contribution is -0.121. The van der Waals surface area contributed by atoms with Crippen LogP contribution in [-0.4, -0.2) is 21.1 Å². The highest BCUT2D eigenvalue weighted by atomic mass is 16.4. The number of rotatable bonds is 7. The van der Waals surface area contributed by atoms with Crippen LogP contribution in [0.4, 0.5) is 0 Å². The quantitative estimate of drug-likeness (QED) is 0.503. The van der Waals surface area contributed by atoms with E-state index in [1.807, 2.05) is 79.7 Å². The standard InChI is InChI=1S/C24H22N4O2/c1-17-10-12-19(13-11-17)24-28-27-22(30-24)15-14-21(29)26-23(18-7-3-2-4-8-18)20-9-5-6-16-25-20/h2-13,16,23H,14-15H2,1H3,(H,26,29). The highest BCUT2D eigenvalue weighted by molar-refractivity contribution is 5.77. The van der Waals surface area contributed by atoms with Gasteiger partial charge in [0.25, 0.3) is 0 Å². The molecule has 1 unspecified atom stereocenters. The van der Waals surface area contributed by atoms with Gasteiger partial charge in [-0.15, -0.1) is 10.2 Å². The number of nitrogens with zero attached hydrogens (tertiary/aromatic N) is 3. The second-order valence-corrected chi connectivity index (χ2v) is 7.03. The van der Waals surface area contributed by atoms with E-state index < -0.39 is 0 Å². The lowest BCUT2D eigenvalue weighted by Gasteiger charge is -2.18. The fraction of sp³-hybridized carbons (Fsp3) is 0.167. The molecule has 6 nitrogen and oxygen atoms in total. The van der Waals surface area contributed by atoms with Gasteiger partial charge in [-0.25, -0.2) is 0 Å². The maximum absolute atomic E-state index is 12.7. The molecule has 0 radical (unpaired) electrons. The third kappa shape index (κ3) is 4.78. The van der Waals surface area contributed by atoms with Gasteiger partial charge in [0.2, 0.25) is 17.7 Å². The first-order valence-electron chi connectivity index (χ1n) is 9.84. The van der Waals surface area contributed by atoms with Crippen LogP contribution in [0.25, 0.3) is 11.5 Å². The second kappa shape index (κ2) is 9.13. The summed E-state index contributed by atoms with van der Waals surface area (Å²) >= 11 is 0. The Labute approximate surface area is 175 Å². The molecule has 0 saturated heterocycles. The molecule has 2 aromatic carbocycles. The lowest BCUT2D eigenvalue weighted by Crippen LogP contribution is -2.30. The van der Waals surface area contributed by atoms with E-state index >= 15 is 0 Å². The van der Waals surface area contributed by atoms with Crippen molar-refractivity contribution in [2.24, 2.45) is 0 Å². The monoisotopic (exact) mass is 398 g/mol. The highest BCUT2D eigenvalue weighted by Crippen LogP contribution is 2.21. The number of hydrogen-bond donors (Lipinski definition) is 1. The van der Waals surface area contributed by atoms with E-state index in [1.54, 1.807) is 6.20 Å². The molecule has 1 atom stereocenters. The van der Waals surface area contributed by atoms with Crippen LogP contribution in [0.1, 0.15) is 35.2 Å². The minimum atomic E-state index is -0.314. The summed E-state index contributed by atoms with van der Waals surface area (Å²) in [6.07, 6.45) is 2.34. The Morgan fingerprint density at radius 1 is 0.967 bits per heavy atom. The van der Waals surface area contributed by atoms with Crippen LogP contribution < -0.4 is 5.32 Å². The predicted octanol–water partition coefficient (Wildman–Crippen LogP) is 4.28. The molecule has 2 aromatic heterocycles. The Hall–Kier alpha value is -3.80. The summed E-state index contributed by atoms with van der Waals surface area (Å²) in [6.45, 7) is 2.02. The Morgan fingerprint density at radius 2 is 1.73 bits per heavy atom. The van der Waals surface area contributed by atoms with Crippen molar-refractivity contribution in [3.05, 3.63) is 102 Å². The molecule has 1 N–H and O–H groups in total. The van der Waals surface area contributed by atoms with Crippen LogP contribution in [0.15, 0.2) is 83.4 Å². The van der Waals surface area contributed by atoms with Gasteiger partial charge in [-0.3, -0.25) is 9.78 Å². The maximum Gasteiger partial charge on any atom is 0.247 e. The van der Waals surface area contributed by atoms with Crippen molar-refractivity contribution in [2.75, 3.05) is 0 Å². The molecule has 0 aliphatic heterocycles. The summed E-state index contributed by atoms with van der Waals surface area (Å²) in [6, 6.07) is 23.0. The molecular formula is C24H22N4O2. The number of hydrogen-bond acceptors (Lipinski definition) is 5. The van der Waals surface area contributed by atoms with E-state index in [0.29, 0.717) is 18.2 Å². The van der Waals surface area contributed by atoms with E-state index in [2.05, 4.69) is 20.5 Å². The zero-order chi connectivity index (χ0) is 20.8. The first kappa shape index (κ1) is 19.5. The van der Waals surface area contributed by atoms with Gasteiger partial charge < -0.3 is 9.73 Å². The van der Waals surface area contributed by atoms with Crippen molar-refractivity contribution >= 4 is 5.91 Å². The third-order valence-corrected chi connectivity index (χ3v) is 4.75. The summed E-state index contributed by atoms with van der Waals surface area (Å²) in [5, 5.41) is 11.2. The van der Waals surface area contributed by atoms with Crippen molar-refractivity contribution in [3.63, 3.8) is 0 Å². The first-order valence-corrected chi connectivity index (χ1v) is 9.84. The molecule has 150 valence electrons. The van der Waals surface area contributed by atoms with E-state index in [1.165, 1.54) is 0 Å². The zero-order valence-electron chi connectivity index (χ0n) is 16.7. The van der Waals surface area contributed by atoms with Crippen LogP contribution in [0, 0.1) is 6.92 Å². The van der Waals surface area contributed by atoms with Crippen molar-refractivity contribution in [3.8, 4) is 11.5 Å². The summed E-state index contributed by atoms with van der Waals surface area (Å²) in [4.78, 5) is 17.1. The number of amides is 1. The van der Waals surface area contributed by atoms with Gasteiger partial charge in [0.15, 0.2) is 0 Å². The average molecular weight is 398 g/mol. The van der Waals surface area contributed by atoms with Crippen molar-refractivity contribution < 1.29 is 9.21 Å². The third-order valence-electron chi connectivity index (χ3n) is 4.75. The van der Waals surface area contributed by atoms with Crippen molar-refractivity contribution in [1.82, 2.24) is 20.5 Å². The summed E-state index contributed by atoms with van der Waals surface area (Å²) in [5.41, 5.74) is 3.79. The molecule has 0 spiro atoms. The van der Waals surface area contributed by atoms with Gasteiger partial charge in [-0.1, -0.05) is 54.1 Å². The van der Waals surface area contributed by atoms with Crippen LogP contribution in [0.3, 0.4) is 0 Å². The van der Waals surface area contributed by atoms with Gasteiger partial charge in [-0.05, 0) is 36.8 Å². The van der Waals surface area contributed by atoms with Crippen LogP contribution in [0.5, 0.6) is 0 Å². The molecule has 4 rings (SSSR count). The summed E-state index contributed by atoms with van der Waals surface area (Å²) in [5.74, 6) is 0.792. The molecule has 0 fully saturated rings. The number of nitrogens with one attached hydrogen (secondary N) is 1. The molecule has 0 bridgehead atoms. The summed E-state index contributed by atoms with van der Waals surface area (Å²) in [7, 11) is 0. The van der Waals surface area contributed by atoms with E-state index in [9.17, 15) is 4.79 Å². The smallest absolute Gasteiger partial charge is 0.247 e. The fourth-order valence-corrected chi connectivity index (χ4v) is 3.14. The van der Waals surface area contributed by atoms with Gasteiger partial charge in [0.05, 0.1) is 11.7 Å². The zero-order valence-corrected chi connectivity index (χ0v) is 16.7. The van der Waals surface area contributed by atoms with Gasteiger partial charge >= 0.3 is 0 Å². The highest BCUT2D eigenvalue weighted by Gasteiger charge is 2.18. The number of pyridine rings is 1. The Balaban J connectivity index is 1.41. The fourth-order valence-electron chi connectivity index (χ4n) is 3.14. The van der Waals surface area contributed by atoms with E-state index in [4.69, 9.17) is 4.42 Å². The molecule has 0 aliphatic carbocycles. The largest absolute Gasteiger partial charge is 0.421 e.